The van der Waals surface area contributed by atoms with E-state index in [4.69, 9.17) is 0 Å². The average Bonchev–Trinajstić information content (AvgIpc) is 2.89. The van der Waals surface area contributed by atoms with Crippen molar-refractivity contribution in [1.29, 1.82) is 0 Å². The molecule has 1 N–H and O–H groups in total. The maximum atomic E-state index is 14.0. The zero-order valence-corrected chi connectivity index (χ0v) is 23.6. The van der Waals surface area contributed by atoms with E-state index in [0.29, 0.717) is 6.54 Å². The highest BCUT2D eigenvalue weighted by molar-refractivity contribution is 7.92. The first kappa shape index (κ1) is 29.8. The molecule has 208 valence electrons. The lowest BCUT2D eigenvalue weighted by Gasteiger charge is -2.33. The third-order valence-electron chi connectivity index (χ3n) is 6.22. The van der Waals surface area contributed by atoms with Crippen LogP contribution in [0.25, 0.3) is 0 Å². The van der Waals surface area contributed by atoms with Gasteiger partial charge in [-0.15, -0.1) is 0 Å². The van der Waals surface area contributed by atoms with E-state index in [1.165, 1.54) is 17.0 Å². The topological polar surface area (TPSA) is 86.8 Å². The first-order valence-corrected chi connectivity index (χ1v) is 14.7. The molecule has 0 aliphatic rings. The minimum absolute atomic E-state index is 0.104. The predicted molar refractivity (Wildman–Crippen MR) is 152 cm³/mol. The van der Waals surface area contributed by atoms with Crippen LogP contribution in [0.2, 0.25) is 0 Å². The average molecular weight is 554 g/mol. The Morgan fingerprint density at radius 2 is 1.51 bits per heavy atom. The summed E-state index contributed by atoms with van der Waals surface area (Å²) in [6.07, 6.45) is 1.24. The van der Waals surface area contributed by atoms with Crippen LogP contribution in [-0.4, -0.2) is 50.5 Å². The molecule has 7 nitrogen and oxygen atoms in total. The summed E-state index contributed by atoms with van der Waals surface area (Å²) in [6, 6.07) is 21.0. The Labute approximate surface area is 230 Å². The van der Waals surface area contributed by atoms with Crippen LogP contribution in [0.1, 0.15) is 30.5 Å². The molecule has 0 bridgehead atoms. The lowest BCUT2D eigenvalue weighted by Crippen LogP contribution is -2.53. The summed E-state index contributed by atoms with van der Waals surface area (Å²) in [5.74, 6) is -1.19. The van der Waals surface area contributed by atoms with Crippen molar-refractivity contribution in [1.82, 2.24) is 10.2 Å². The zero-order valence-electron chi connectivity index (χ0n) is 22.8. The van der Waals surface area contributed by atoms with Gasteiger partial charge in [0.1, 0.15) is 18.4 Å². The molecule has 0 radical (unpaired) electrons. The number of amides is 2. The van der Waals surface area contributed by atoms with Gasteiger partial charge in [-0.25, -0.2) is 12.8 Å². The highest BCUT2D eigenvalue weighted by Crippen LogP contribution is 2.21. The van der Waals surface area contributed by atoms with E-state index >= 15 is 0 Å². The summed E-state index contributed by atoms with van der Waals surface area (Å²) < 4.78 is 39.9. The molecule has 3 aromatic carbocycles. The first-order chi connectivity index (χ1) is 18.4. The zero-order chi connectivity index (χ0) is 28.6. The Morgan fingerprint density at radius 3 is 2.08 bits per heavy atom. The van der Waals surface area contributed by atoms with Gasteiger partial charge >= 0.3 is 0 Å². The van der Waals surface area contributed by atoms with E-state index in [-0.39, 0.29) is 30.5 Å². The second-order valence-corrected chi connectivity index (χ2v) is 12.0. The summed E-state index contributed by atoms with van der Waals surface area (Å²) >= 11 is 0. The van der Waals surface area contributed by atoms with Crippen LogP contribution in [0, 0.1) is 18.7 Å². The van der Waals surface area contributed by atoms with Crippen molar-refractivity contribution in [3.63, 3.8) is 0 Å². The van der Waals surface area contributed by atoms with Crippen LogP contribution >= 0.6 is 0 Å². The molecule has 9 heteroatoms. The quantitative estimate of drug-likeness (QED) is 0.362. The summed E-state index contributed by atoms with van der Waals surface area (Å²) in [5.41, 5.74) is 2.87. The number of hydrogen-bond donors (Lipinski definition) is 1. The third-order valence-corrected chi connectivity index (χ3v) is 7.36. The summed E-state index contributed by atoms with van der Waals surface area (Å²) in [6.45, 7) is 5.91. The Hall–Kier alpha value is -3.72. The molecule has 0 aliphatic carbocycles. The SMILES string of the molecule is Cc1ccc(CN(C(=O)CN(c2ccc(F)cc2)S(C)(=O)=O)[C@@H](Cc2ccccc2)C(=O)NCC(C)C)cc1. The fraction of sp³-hybridized carbons (Fsp3) is 0.333. The number of halogens is 1. The van der Waals surface area contributed by atoms with Crippen LogP contribution in [0.5, 0.6) is 0 Å². The molecule has 0 spiro atoms. The van der Waals surface area contributed by atoms with Gasteiger partial charge in [0.25, 0.3) is 0 Å². The molecule has 0 saturated carbocycles. The number of sulfonamides is 1. The maximum absolute atomic E-state index is 14.0. The predicted octanol–water partition coefficient (Wildman–Crippen LogP) is 4.31. The molecule has 3 rings (SSSR count). The molecule has 0 aromatic heterocycles. The highest BCUT2D eigenvalue weighted by Gasteiger charge is 2.33. The molecule has 39 heavy (non-hydrogen) atoms. The fourth-order valence-electron chi connectivity index (χ4n) is 4.09. The van der Waals surface area contributed by atoms with Gasteiger partial charge in [0, 0.05) is 19.5 Å². The molecule has 3 aromatic rings. The van der Waals surface area contributed by atoms with Gasteiger partial charge in [0.15, 0.2) is 0 Å². The van der Waals surface area contributed by atoms with Gasteiger partial charge in [-0.05, 0) is 48.2 Å². The fourth-order valence-corrected chi connectivity index (χ4v) is 4.94. The van der Waals surface area contributed by atoms with Gasteiger partial charge in [-0.1, -0.05) is 74.0 Å². The monoisotopic (exact) mass is 553 g/mol. The number of rotatable bonds is 12. The van der Waals surface area contributed by atoms with Crippen molar-refractivity contribution >= 4 is 27.5 Å². The molecular weight excluding hydrogens is 517 g/mol. The number of aryl methyl sites for hydroxylation is 1. The Morgan fingerprint density at radius 1 is 0.897 bits per heavy atom. The van der Waals surface area contributed by atoms with E-state index < -0.39 is 34.3 Å². The smallest absolute Gasteiger partial charge is 0.244 e. The molecule has 0 unspecified atom stereocenters. The van der Waals surface area contributed by atoms with Crippen LogP contribution < -0.4 is 9.62 Å². The molecule has 0 saturated heterocycles. The molecule has 1 atom stereocenters. The van der Waals surface area contributed by atoms with Gasteiger partial charge in [0.05, 0.1) is 11.9 Å². The van der Waals surface area contributed by atoms with Crippen LogP contribution in [0.4, 0.5) is 10.1 Å². The van der Waals surface area contributed by atoms with Crippen molar-refractivity contribution in [2.75, 3.05) is 23.7 Å². The number of nitrogens with one attached hydrogen (secondary N) is 1. The van der Waals surface area contributed by atoms with Crippen LogP contribution in [-0.2, 0) is 32.6 Å². The Kier molecular flexibility index (Phi) is 10.2. The standard InChI is InChI=1S/C30H36FN3O4S/c1-22(2)19-32-30(36)28(18-24-8-6-5-7-9-24)33(20-25-12-10-23(3)11-13-25)29(35)21-34(39(4,37)38)27-16-14-26(31)15-17-27/h5-17,22,28H,18-21H2,1-4H3,(H,32,36)/t28-/m0/s1. The largest absolute Gasteiger partial charge is 0.354 e. The number of carbonyl (C=O) groups excluding carboxylic acids is 2. The van der Waals surface area contributed by atoms with Crippen molar-refractivity contribution in [3.8, 4) is 0 Å². The molecular formula is C30H36FN3O4S. The Bertz CT molecular complexity index is 1350. The minimum atomic E-state index is -3.90. The van der Waals surface area contributed by atoms with Crippen molar-refractivity contribution < 1.29 is 22.4 Å². The summed E-state index contributed by atoms with van der Waals surface area (Å²) in [5, 5.41) is 2.95. The lowest BCUT2D eigenvalue weighted by atomic mass is 10.0. The normalized spacial score (nSPS) is 12.2. The van der Waals surface area contributed by atoms with Gasteiger partial charge in [0.2, 0.25) is 21.8 Å². The number of anilines is 1. The highest BCUT2D eigenvalue weighted by atomic mass is 32.2. The number of benzene rings is 3. The maximum Gasteiger partial charge on any atom is 0.244 e. The first-order valence-electron chi connectivity index (χ1n) is 12.8. The number of hydrogen-bond acceptors (Lipinski definition) is 4. The van der Waals surface area contributed by atoms with Crippen LogP contribution in [0.3, 0.4) is 0 Å². The molecule has 0 heterocycles. The molecule has 2 amide bonds. The van der Waals surface area contributed by atoms with Gasteiger partial charge < -0.3 is 10.2 Å². The van der Waals surface area contributed by atoms with Crippen molar-refractivity contribution in [3.05, 3.63) is 101 Å². The second kappa shape index (κ2) is 13.4. The minimum Gasteiger partial charge on any atom is -0.354 e. The second-order valence-electron chi connectivity index (χ2n) is 10.1. The molecule has 0 fully saturated rings. The summed E-state index contributed by atoms with van der Waals surface area (Å²) in [7, 11) is -3.90. The van der Waals surface area contributed by atoms with Crippen molar-refractivity contribution in [2.24, 2.45) is 5.92 Å². The Balaban J connectivity index is 2.03. The van der Waals surface area contributed by atoms with E-state index in [1.54, 1.807) is 0 Å². The van der Waals surface area contributed by atoms with Gasteiger partial charge in [-0.2, -0.15) is 0 Å². The van der Waals surface area contributed by atoms with E-state index in [9.17, 15) is 22.4 Å². The molecule has 0 aliphatic heterocycles. The van der Waals surface area contributed by atoms with E-state index in [0.717, 1.165) is 39.4 Å². The third kappa shape index (κ3) is 8.92. The van der Waals surface area contributed by atoms with Crippen LogP contribution in [0.15, 0.2) is 78.9 Å². The number of nitrogens with zero attached hydrogens (tertiary/aromatic N) is 2. The summed E-state index contributed by atoms with van der Waals surface area (Å²) in [4.78, 5) is 28.9. The van der Waals surface area contributed by atoms with Crippen molar-refractivity contribution in [2.45, 2.75) is 39.8 Å². The number of carbonyl (C=O) groups is 2. The van der Waals surface area contributed by atoms with E-state index in [1.807, 2.05) is 75.4 Å². The lowest BCUT2D eigenvalue weighted by molar-refractivity contribution is -0.140. The van der Waals surface area contributed by atoms with E-state index in [2.05, 4.69) is 5.32 Å². The van der Waals surface area contributed by atoms with Gasteiger partial charge in [-0.3, -0.25) is 13.9 Å².